The molecule has 3 N–H and O–H groups in total. The Morgan fingerprint density at radius 2 is 1.52 bits per heavy atom. The highest BCUT2D eigenvalue weighted by atomic mass is 79.9. The zero-order valence-corrected chi connectivity index (χ0v) is 19.1. The third-order valence-corrected chi connectivity index (χ3v) is 5.49. The lowest BCUT2D eigenvalue weighted by Crippen LogP contribution is -2.33. The number of halogens is 4. The normalized spacial score (nSPS) is 14.2. The zero-order chi connectivity index (χ0) is 24.8. The van der Waals surface area contributed by atoms with Crippen molar-refractivity contribution >= 4 is 45.2 Å². The molecule has 1 aliphatic heterocycles. The monoisotopic (exact) mass is 530 g/mol. The average molecular weight is 531 g/mol. The molecule has 11 heteroatoms. The Morgan fingerprint density at radius 1 is 1.00 bits per heavy atom. The van der Waals surface area contributed by atoms with Crippen molar-refractivity contribution in [1.82, 2.24) is 0 Å². The van der Waals surface area contributed by atoms with Crippen LogP contribution in [-0.2, 0) is 4.79 Å². The fourth-order valence-electron chi connectivity index (χ4n) is 3.09. The fourth-order valence-corrected chi connectivity index (χ4v) is 3.35. The lowest BCUT2D eigenvalue weighted by Gasteiger charge is -2.33. The van der Waals surface area contributed by atoms with Crippen LogP contribution in [0.5, 0.6) is 0 Å². The van der Waals surface area contributed by atoms with E-state index < -0.39 is 18.1 Å². The molecule has 0 spiro atoms. The lowest BCUT2D eigenvalue weighted by molar-refractivity contribution is -0.192. The highest BCUT2D eigenvalue weighted by Crippen LogP contribution is 2.31. The van der Waals surface area contributed by atoms with Gasteiger partial charge >= 0.3 is 18.1 Å². The summed E-state index contributed by atoms with van der Waals surface area (Å²) in [6.45, 7) is 4.03. The quantitative estimate of drug-likeness (QED) is 0.497. The molecule has 0 radical (unpaired) electrons. The smallest absolute Gasteiger partial charge is 0.478 e. The van der Waals surface area contributed by atoms with Crippen molar-refractivity contribution in [2.45, 2.75) is 25.9 Å². The number of carbonyl (C=O) groups excluding carboxylic acids is 1. The predicted octanol–water partition coefficient (Wildman–Crippen LogP) is 5.27. The Morgan fingerprint density at radius 3 is 2.00 bits per heavy atom. The van der Waals surface area contributed by atoms with Gasteiger partial charge in [-0.05, 0) is 61.2 Å². The van der Waals surface area contributed by atoms with Gasteiger partial charge in [0.25, 0.3) is 5.91 Å². The summed E-state index contributed by atoms with van der Waals surface area (Å²) in [5, 5.41) is 19.3. The minimum atomic E-state index is -5.08. The van der Waals surface area contributed by atoms with Crippen LogP contribution in [0.1, 0.15) is 40.5 Å². The number of benzene rings is 2. The molecule has 1 heterocycles. The van der Waals surface area contributed by atoms with E-state index in [1.165, 1.54) is 6.07 Å². The second-order valence-electron chi connectivity index (χ2n) is 7.47. The molecule has 178 valence electrons. The number of hydrogen-bond donors (Lipinski definition) is 3. The highest BCUT2D eigenvalue weighted by Gasteiger charge is 2.38. The second kappa shape index (κ2) is 11.2. The summed E-state index contributed by atoms with van der Waals surface area (Å²) in [7, 11) is 0. The van der Waals surface area contributed by atoms with Gasteiger partial charge < -0.3 is 20.4 Å². The molecule has 7 nitrogen and oxygen atoms in total. The number of aromatic carboxylic acids is 1. The first-order valence-corrected chi connectivity index (χ1v) is 10.7. The van der Waals surface area contributed by atoms with E-state index in [4.69, 9.17) is 9.90 Å². The van der Waals surface area contributed by atoms with Crippen LogP contribution >= 0.6 is 15.9 Å². The van der Waals surface area contributed by atoms with Crippen LogP contribution in [0, 0.1) is 5.92 Å². The van der Waals surface area contributed by atoms with Crippen LogP contribution in [0.4, 0.5) is 24.5 Å². The summed E-state index contributed by atoms with van der Waals surface area (Å²) in [5.41, 5.74) is 2.08. The van der Waals surface area contributed by atoms with Gasteiger partial charge in [-0.25, -0.2) is 9.59 Å². The number of carbonyl (C=O) groups is 3. The second-order valence-corrected chi connectivity index (χ2v) is 8.39. The number of anilines is 2. The molecule has 0 atom stereocenters. The Bertz CT molecular complexity index is 1000. The zero-order valence-electron chi connectivity index (χ0n) is 17.5. The summed E-state index contributed by atoms with van der Waals surface area (Å²) >= 11 is 3.35. The molecule has 33 heavy (non-hydrogen) atoms. The Hall–Kier alpha value is -3.08. The summed E-state index contributed by atoms with van der Waals surface area (Å²) in [4.78, 5) is 35.1. The minimum Gasteiger partial charge on any atom is -0.478 e. The van der Waals surface area contributed by atoms with Crippen LogP contribution in [-0.4, -0.2) is 47.3 Å². The maximum absolute atomic E-state index is 12.6. The molecule has 2 aromatic rings. The van der Waals surface area contributed by atoms with Gasteiger partial charge in [0.05, 0.1) is 16.9 Å². The van der Waals surface area contributed by atoms with Crippen molar-refractivity contribution in [2.24, 2.45) is 5.92 Å². The van der Waals surface area contributed by atoms with Crippen molar-refractivity contribution in [3.63, 3.8) is 0 Å². The summed E-state index contributed by atoms with van der Waals surface area (Å²) in [6, 6.07) is 12.0. The molecule has 1 fully saturated rings. The molecule has 3 rings (SSSR count). The largest absolute Gasteiger partial charge is 0.490 e. The van der Waals surface area contributed by atoms with Crippen LogP contribution in [0.3, 0.4) is 0 Å². The van der Waals surface area contributed by atoms with E-state index in [0.717, 1.165) is 36.1 Å². The highest BCUT2D eigenvalue weighted by molar-refractivity contribution is 9.10. The van der Waals surface area contributed by atoms with E-state index in [1.807, 2.05) is 0 Å². The number of nitrogens with zero attached hydrogens (tertiary/aromatic N) is 1. The Balaban J connectivity index is 0.000000479. The first-order chi connectivity index (χ1) is 15.4. The van der Waals surface area contributed by atoms with E-state index >= 15 is 0 Å². The predicted molar refractivity (Wildman–Crippen MR) is 120 cm³/mol. The average Bonchev–Trinajstić information content (AvgIpc) is 2.74. The molecular formula is C22H22BrF3N2O5. The van der Waals surface area contributed by atoms with Crippen molar-refractivity contribution in [3.05, 3.63) is 58.1 Å². The van der Waals surface area contributed by atoms with Crippen LogP contribution in [0.25, 0.3) is 0 Å². The Labute approximate surface area is 196 Å². The van der Waals surface area contributed by atoms with Crippen molar-refractivity contribution in [2.75, 3.05) is 23.3 Å². The van der Waals surface area contributed by atoms with Gasteiger partial charge in [-0.3, -0.25) is 4.79 Å². The molecule has 0 unspecified atom stereocenters. The summed E-state index contributed by atoms with van der Waals surface area (Å²) in [6.07, 6.45) is -2.92. The summed E-state index contributed by atoms with van der Waals surface area (Å²) < 4.78 is 32.6. The Kier molecular flexibility index (Phi) is 8.86. The third kappa shape index (κ3) is 7.77. The number of alkyl halides is 3. The number of nitrogens with one attached hydrogen (secondary N) is 1. The minimum absolute atomic E-state index is 0.158. The maximum atomic E-state index is 12.6. The lowest BCUT2D eigenvalue weighted by atomic mass is 9.98. The SMILES string of the molecule is CC1CCN(c2ccc(C(=O)O)cc2NC(=O)c2ccc(Br)cc2)CC1.O=C(O)C(F)(F)F. The number of piperidine rings is 1. The van der Waals surface area contributed by atoms with Crippen LogP contribution in [0.2, 0.25) is 0 Å². The molecule has 0 aliphatic carbocycles. The van der Waals surface area contributed by atoms with E-state index in [1.54, 1.807) is 36.4 Å². The van der Waals surface area contributed by atoms with Gasteiger partial charge in [-0.1, -0.05) is 22.9 Å². The van der Waals surface area contributed by atoms with Crippen LogP contribution in [0.15, 0.2) is 46.9 Å². The van der Waals surface area contributed by atoms with Crippen LogP contribution < -0.4 is 10.2 Å². The van der Waals surface area contributed by atoms with Gasteiger partial charge in [-0.15, -0.1) is 0 Å². The number of carboxylic acids is 2. The van der Waals surface area contributed by atoms with Crippen molar-refractivity contribution in [1.29, 1.82) is 0 Å². The third-order valence-electron chi connectivity index (χ3n) is 4.96. The fraction of sp³-hybridized carbons (Fsp3) is 0.318. The van der Waals surface area contributed by atoms with Gasteiger partial charge in [0.2, 0.25) is 0 Å². The van der Waals surface area contributed by atoms with Crippen molar-refractivity contribution in [3.8, 4) is 0 Å². The molecule has 1 saturated heterocycles. The first kappa shape index (κ1) is 26.2. The topological polar surface area (TPSA) is 107 Å². The molecule has 0 aromatic heterocycles. The van der Waals surface area contributed by atoms with E-state index in [2.05, 4.69) is 33.1 Å². The molecule has 1 aliphatic rings. The van der Waals surface area contributed by atoms with Gasteiger partial charge in [-0.2, -0.15) is 13.2 Å². The molecule has 1 amide bonds. The number of hydrogen-bond acceptors (Lipinski definition) is 4. The van der Waals surface area contributed by atoms with Crippen molar-refractivity contribution < 1.29 is 37.8 Å². The molecule has 0 saturated carbocycles. The van der Waals surface area contributed by atoms with Gasteiger partial charge in [0, 0.05) is 23.1 Å². The number of rotatable bonds is 4. The number of amides is 1. The van der Waals surface area contributed by atoms with Gasteiger partial charge in [0.1, 0.15) is 0 Å². The standard InChI is InChI=1S/C20H21BrN2O3.C2HF3O2/c1-13-8-10-23(11-9-13)18-7-4-15(20(25)26)12-17(18)22-19(24)14-2-5-16(21)6-3-14;3-2(4,5)1(6)7/h2-7,12-13H,8-11H2,1H3,(H,22,24)(H,25,26);(H,6,7). The van der Waals surface area contributed by atoms with E-state index in [9.17, 15) is 27.9 Å². The number of carboxylic acid groups (broad SMARTS) is 2. The van der Waals surface area contributed by atoms with Gasteiger partial charge in [0.15, 0.2) is 0 Å². The summed E-state index contributed by atoms with van der Waals surface area (Å²) in [5.74, 6) is -3.34. The maximum Gasteiger partial charge on any atom is 0.490 e. The molecular weight excluding hydrogens is 509 g/mol. The molecule has 0 bridgehead atoms. The van der Waals surface area contributed by atoms with E-state index in [-0.39, 0.29) is 11.5 Å². The first-order valence-electron chi connectivity index (χ1n) is 9.87. The number of aliphatic carboxylic acids is 1. The molecule has 2 aromatic carbocycles. The van der Waals surface area contributed by atoms with E-state index in [0.29, 0.717) is 17.2 Å².